The number of hydrogen-bond donors (Lipinski definition) is 4. The summed E-state index contributed by atoms with van der Waals surface area (Å²) >= 11 is 1.69. The predicted octanol–water partition coefficient (Wildman–Crippen LogP) is 4.12. The van der Waals surface area contributed by atoms with Gasteiger partial charge in [0, 0.05) is 9.64 Å². The van der Waals surface area contributed by atoms with Crippen LogP contribution in [0.1, 0.15) is 10.4 Å². The van der Waals surface area contributed by atoms with E-state index in [1.54, 1.807) is 22.6 Å². The molecule has 2 rings (SSSR count). The Balaban J connectivity index is 2.68. The molecule has 0 fully saturated rings. The van der Waals surface area contributed by atoms with Gasteiger partial charge in [0.1, 0.15) is 29.8 Å². The number of hydrogen-bond acceptors (Lipinski definition) is 7. The van der Waals surface area contributed by atoms with Gasteiger partial charge in [0.05, 0.1) is 18.0 Å². The lowest BCUT2D eigenvalue weighted by Crippen LogP contribution is -2.31. The van der Waals surface area contributed by atoms with Crippen molar-refractivity contribution in [2.24, 2.45) is 0 Å². The predicted molar refractivity (Wildman–Crippen MR) is 109 cm³/mol. The van der Waals surface area contributed by atoms with Crippen LogP contribution in [0.4, 0.5) is 46.5 Å². The van der Waals surface area contributed by atoms with Crippen LogP contribution >= 0.6 is 22.6 Å². The Morgan fingerprint density at radius 1 is 1.03 bits per heavy atom. The molecule has 1 amide bonds. The number of hydroxylamine groups is 1. The van der Waals surface area contributed by atoms with E-state index in [1.165, 1.54) is 11.5 Å². The Bertz CT molecular complexity index is 1070. The molecular weight excluding hydrogens is 619 g/mol. The molecule has 0 saturated heterocycles. The lowest BCUT2D eigenvalue weighted by molar-refractivity contribution is -0.277. The lowest BCUT2D eigenvalue weighted by Gasteiger charge is -2.21. The van der Waals surface area contributed by atoms with Crippen LogP contribution in [0.25, 0.3) is 0 Å². The first-order valence-electron chi connectivity index (χ1n) is 8.92. The molecule has 194 valence electrons. The Kier molecular flexibility index (Phi) is 9.31. The smallest absolute Gasteiger partial charge is 0.405 e. The highest BCUT2D eigenvalue weighted by Crippen LogP contribution is 2.42. The van der Waals surface area contributed by atoms with Gasteiger partial charge in [-0.2, -0.15) is 0 Å². The van der Waals surface area contributed by atoms with Crippen LogP contribution in [-0.2, 0) is 4.84 Å². The molecule has 35 heavy (non-hydrogen) atoms. The summed E-state index contributed by atoms with van der Waals surface area (Å²) in [4.78, 5) is 17.0. The number of carbonyl (C=O) groups excluding carboxylic acids is 1. The summed E-state index contributed by atoms with van der Waals surface area (Å²) < 4.78 is 114. The van der Waals surface area contributed by atoms with E-state index < -0.39 is 78.0 Å². The summed E-state index contributed by atoms with van der Waals surface area (Å²) in [5.41, 5.74) is -1.92. The summed E-state index contributed by atoms with van der Waals surface area (Å²) in [7, 11) is 0. The van der Waals surface area contributed by atoms with Crippen LogP contribution in [0.5, 0.6) is 11.5 Å². The van der Waals surface area contributed by atoms with Crippen LogP contribution in [0.15, 0.2) is 24.3 Å². The summed E-state index contributed by atoms with van der Waals surface area (Å²) in [6.07, 6.45) is -12.7. The highest BCUT2D eigenvalue weighted by atomic mass is 127. The van der Waals surface area contributed by atoms with E-state index in [2.05, 4.69) is 14.3 Å². The Labute approximate surface area is 203 Å². The topological polar surface area (TPSA) is 109 Å². The van der Waals surface area contributed by atoms with Crippen molar-refractivity contribution in [3.63, 3.8) is 0 Å². The van der Waals surface area contributed by atoms with Crippen LogP contribution in [-0.4, -0.2) is 48.2 Å². The maximum Gasteiger partial charge on any atom is 0.573 e. The number of halogens is 9. The molecule has 0 aliphatic heterocycles. The van der Waals surface area contributed by atoms with Crippen molar-refractivity contribution in [3.8, 4) is 11.5 Å². The van der Waals surface area contributed by atoms with Crippen molar-refractivity contribution < 1.29 is 64.4 Å². The Morgan fingerprint density at radius 2 is 1.63 bits per heavy atom. The van der Waals surface area contributed by atoms with Crippen LogP contribution in [0, 0.1) is 15.2 Å². The van der Waals surface area contributed by atoms with Crippen LogP contribution < -0.4 is 20.3 Å². The fourth-order valence-corrected chi connectivity index (χ4v) is 2.84. The Morgan fingerprint density at radius 3 is 2.17 bits per heavy atom. The maximum atomic E-state index is 15.0. The van der Waals surface area contributed by atoms with E-state index in [1.807, 2.05) is 5.32 Å². The third-order valence-corrected chi connectivity index (χ3v) is 4.39. The van der Waals surface area contributed by atoms with Crippen molar-refractivity contribution in [1.29, 1.82) is 0 Å². The quantitative estimate of drug-likeness (QED) is 0.187. The zero-order valence-electron chi connectivity index (χ0n) is 16.7. The Hall–Kier alpha value is -2.64. The number of carbonyl (C=O) groups is 1. The van der Waals surface area contributed by atoms with Gasteiger partial charge in [-0.1, -0.05) is 0 Å². The fourth-order valence-electron chi connectivity index (χ4n) is 2.39. The number of aliphatic hydroxyl groups is 2. The first-order chi connectivity index (χ1) is 16.1. The SMILES string of the molecule is O=C(NOCC(O)CO)c1c(OC(F)(F)F)cc(OC(F)(F)F)c(F)c1Nc1ccc(I)cc1F. The number of aliphatic hydroxyl groups excluding tert-OH is 2. The van der Waals surface area contributed by atoms with Gasteiger partial charge in [0.2, 0.25) is 0 Å². The molecule has 0 aliphatic carbocycles. The lowest BCUT2D eigenvalue weighted by atomic mass is 10.1. The number of alkyl halides is 6. The highest BCUT2D eigenvalue weighted by Gasteiger charge is 2.39. The van der Waals surface area contributed by atoms with Crippen LogP contribution in [0.3, 0.4) is 0 Å². The van der Waals surface area contributed by atoms with Gasteiger partial charge >= 0.3 is 12.7 Å². The minimum Gasteiger partial charge on any atom is -0.405 e. The van der Waals surface area contributed by atoms with Crippen molar-refractivity contribution in [3.05, 3.63) is 45.0 Å². The average molecular weight is 632 g/mol. The minimum atomic E-state index is -5.58. The molecule has 0 aromatic heterocycles. The second-order valence-electron chi connectivity index (χ2n) is 6.36. The number of ether oxygens (including phenoxy) is 2. The molecule has 1 unspecified atom stereocenters. The van der Waals surface area contributed by atoms with Crippen LogP contribution in [0.2, 0.25) is 0 Å². The van der Waals surface area contributed by atoms with Crippen molar-refractivity contribution >= 4 is 39.9 Å². The number of amides is 1. The molecule has 0 spiro atoms. The van der Waals surface area contributed by atoms with Gasteiger partial charge in [0.25, 0.3) is 5.91 Å². The minimum absolute atomic E-state index is 0.191. The van der Waals surface area contributed by atoms with E-state index in [-0.39, 0.29) is 6.07 Å². The van der Waals surface area contributed by atoms with Crippen molar-refractivity contribution in [2.75, 3.05) is 18.5 Å². The molecule has 0 bridgehead atoms. The standard InChI is InChI=1S/C18H13F8IN2O6/c19-9-3-7(27)1-2-10(9)28-15-13(16(32)29-33-6-8(31)5-30)11(34-17(21,22)23)4-12(14(15)20)35-18(24,25)26/h1-4,8,28,30-31H,5-6H2,(H,29,32). The van der Waals surface area contributed by atoms with Crippen molar-refractivity contribution in [1.82, 2.24) is 5.48 Å². The van der Waals surface area contributed by atoms with E-state index >= 15 is 0 Å². The van der Waals surface area contributed by atoms with E-state index in [4.69, 9.17) is 5.11 Å². The molecule has 2 aromatic rings. The van der Waals surface area contributed by atoms with Crippen molar-refractivity contribution in [2.45, 2.75) is 18.8 Å². The molecule has 4 N–H and O–H groups in total. The van der Waals surface area contributed by atoms with Gasteiger partial charge in [-0.05, 0) is 40.8 Å². The zero-order chi connectivity index (χ0) is 26.6. The first kappa shape index (κ1) is 28.6. The number of rotatable bonds is 9. The number of nitrogens with one attached hydrogen (secondary N) is 2. The molecule has 0 aliphatic rings. The molecule has 17 heteroatoms. The van der Waals surface area contributed by atoms with E-state index in [0.717, 1.165) is 12.1 Å². The summed E-state index contributed by atoms with van der Waals surface area (Å²) in [6, 6.07) is 2.92. The van der Waals surface area contributed by atoms with Gasteiger partial charge in [-0.3, -0.25) is 9.63 Å². The summed E-state index contributed by atoms with van der Waals surface area (Å²) in [5.74, 6) is -8.35. The molecule has 0 radical (unpaired) electrons. The van der Waals surface area contributed by atoms with E-state index in [0.29, 0.717) is 3.57 Å². The third kappa shape index (κ3) is 8.51. The monoisotopic (exact) mass is 632 g/mol. The average Bonchev–Trinajstić information content (AvgIpc) is 2.70. The first-order valence-corrected chi connectivity index (χ1v) is 10.00. The molecule has 0 saturated carbocycles. The van der Waals surface area contributed by atoms with Gasteiger partial charge < -0.3 is 25.0 Å². The van der Waals surface area contributed by atoms with Gasteiger partial charge in [-0.25, -0.2) is 14.3 Å². The normalized spacial score (nSPS) is 12.8. The highest BCUT2D eigenvalue weighted by molar-refractivity contribution is 14.1. The summed E-state index contributed by atoms with van der Waals surface area (Å²) in [6.45, 7) is -1.63. The number of benzene rings is 2. The second kappa shape index (κ2) is 11.4. The largest absolute Gasteiger partial charge is 0.573 e. The fraction of sp³-hybridized carbons (Fsp3) is 0.278. The number of anilines is 2. The van der Waals surface area contributed by atoms with Gasteiger partial charge in [0.15, 0.2) is 11.6 Å². The van der Waals surface area contributed by atoms with Gasteiger partial charge in [-0.15, -0.1) is 26.3 Å². The molecule has 0 heterocycles. The molecular formula is C18H13F8IN2O6. The zero-order valence-corrected chi connectivity index (χ0v) is 18.9. The summed E-state index contributed by atoms with van der Waals surface area (Å²) in [5, 5.41) is 19.8. The molecule has 2 aromatic carbocycles. The molecule has 1 atom stereocenters. The van der Waals surface area contributed by atoms with E-state index in [9.17, 15) is 45.0 Å². The maximum absolute atomic E-state index is 15.0. The third-order valence-electron chi connectivity index (χ3n) is 3.71. The second-order valence-corrected chi connectivity index (χ2v) is 7.61. The molecule has 8 nitrogen and oxygen atoms in total.